The van der Waals surface area contributed by atoms with Crippen molar-refractivity contribution in [3.63, 3.8) is 0 Å². The summed E-state index contributed by atoms with van der Waals surface area (Å²) in [6, 6.07) is 26.4. The summed E-state index contributed by atoms with van der Waals surface area (Å²) >= 11 is 1.52. The number of para-hydroxylation sites is 1. The van der Waals surface area contributed by atoms with E-state index in [4.69, 9.17) is 10.1 Å². The Morgan fingerprint density at radius 3 is 2.36 bits per heavy atom. The number of hydrogen-bond donors (Lipinski definition) is 1. The van der Waals surface area contributed by atoms with Crippen molar-refractivity contribution in [3.05, 3.63) is 106 Å². The molecule has 6 heteroatoms. The quantitative estimate of drug-likeness (QED) is 0.649. The lowest BCUT2D eigenvalue weighted by Gasteiger charge is -2.34. The Labute approximate surface area is 197 Å². The van der Waals surface area contributed by atoms with Crippen LogP contribution < -0.4 is 15.9 Å². The van der Waals surface area contributed by atoms with Gasteiger partial charge in [-0.15, -0.1) is 5.10 Å². The summed E-state index contributed by atoms with van der Waals surface area (Å²) in [5.74, 6) is 0.571. The Hall–Kier alpha value is -3.38. The van der Waals surface area contributed by atoms with Crippen molar-refractivity contribution in [1.82, 2.24) is 10.3 Å². The standard InChI is InChI=1S/C27H26N4OS/c1-27(2,3)20-15-13-19(14-16-20)24-28-22-12-8-7-11-21(22)23-25(32)29-26(30-31(23)24)33-17-18-9-5-4-6-10-18/h4-16,24H,17H2,1-3H3,(H,29,30,32)/t24-/m1/s1. The monoisotopic (exact) mass is 454 g/mol. The summed E-state index contributed by atoms with van der Waals surface area (Å²) in [5, 5.41) is 11.8. The Morgan fingerprint density at radius 2 is 1.64 bits per heavy atom. The maximum absolute atomic E-state index is 13.2. The summed E-state index contributed by atoms with van der Waals surface area (Å²) in [4.78, 5) is 18.2. The fourth-order valence-electron chi connectivity index (χ4n) is 3.99. The minimum Gasteiger partial charge on any atom is -0.298 e. The molecule has 5 rings (SSSR count). The number of hydrogen-bond acceptors (Lipinski definition) is 5. The number of carbonyl (C=O) groups excluding carboxylic acids is 1. The number of rotatable bonds is 3. The summed E-state index contributed by atoms with van der Waals surface area (Å²) in [6.45, 7) is 6.60. The number of nitrogens with zero attached hydrogens (tertiary/aromatic N) is 3. The average Bonchev–Trinajstić information content (AvgIpc) is 2.82. The van der Waals surface area contributed by atoms with Crippen LogP contribution in [0.2, 0.25) is 0 Å². The molecule has 0 aliphatic carbocycles. The molecular weight excluding hydrogens is 428 g/mol. The second-order valence-electron chi connectivity index (χ2n) is 9.22. The summed E-state index contributed by atoms with van der Waals surface area (Å²) in [5.41, 5.74) is 4.04. The van der Waals surface area contributed by atoms with Crippen LogP contribution in [-0.4, -0.2) is 16.1 Å². The van der Waals surface area contributed by atoms with Crippen molar-refractivity contribution in [2.45, 2.75) is 38.1 Å². The van der Waals surface area contributed by atoms with E-state index >= 15 is 0 Å². The second kappa shape index (κ2) is 8.52. The van der Waals surface area contributed by atoms with Gasteiger partial charge in [0, 0.05) is 11.0 Å². The third kappa shape index (κ3) is 4.31. The highest BCUT2D eigenvalue weighted by Gasteiger charge is 2.34. The van der Waals surface area contributed by atoms with Crippen LogP contribution in [0.3, 0.4) is 0 Å². The smallest absolute Gasteiger partial charge is 0.276 e. The molecule has 0 spiro atoms. The molecule has 33 heavy (non-hydrogen) atoms. The van der Waals surface area contributed by atoms with Crippen molar-refractivity contribution in [3.8, 4) is 0 Å². The Morgan fingerprint density at radius 1 is 0.939 bits per heavy atom. The molecule has 1 N–H and O–H groups in total. The van der Waals surface area contributed by atoms with Gasteiger partial charge in [-0.3, -0.25) is 15.1 Å². The Kier molecular flexibility index (Phi) is 5.54. The number of amidine groups is 1. The third-order valence-electron chi connectivity index (χ3n) is 5.81. The molecule has 166 valence electrons. The predicted octanol–water partition coefficient (Wildman–Crippen LogP) is 4.06. The molecular formula is C27H26N4OS. The minimum absolute atomic E-state index is 0.0660. The Balaban J connectivity index is 1.55. The van der Waals surface area contributed by atoms with Gasteiger partial charge in [0.05, 0.1) is 5.36 Å². The first-order valence-corrected chi connectivity index (χ1v) is 12.0. The van der Waals surface area contributed by atoms with E-state index < -0.39 is 6.17 Å². The van der Waals surface area contributed by atoms with Gasteiger partial charge < -0.3 is 0 Å². The van der Waals surface area contributed by atoms with E-state index in [0.717, 1.165) is 21.9 Å². The lowest BCUT2D eigenvalue weighted by Crippen LogP contribution is -2.50. The zero-order chi connectivity index (χ0) is 23.0. The highest BCUT2D eigenvalue weighted by Crippen LogP contribution is 2.32. The van der Waals surface area contributed by atoms with E-state index in [2.05, 4.69) is 62.5 Å². The van der Waals surface area contributed by atoms with Crippen LogP contribution in [0.15, 0.2) is 89.0 Å². The number of nitrogens with one attached hydrogen (secondary N) is 1. The molecule has 0 radical (unpaired) electrons. The fourth-order valence-corrected chi connectivity index (χ4v) is 4.80. The normalized spacial score (nSPS) is 17.5. The highest BCUT2D eigenvalue weighted by molar-refractivity contribution is 8.13. The first kappa shape index (κ1) is 21.5. The van der Waals surface area contributed by atoms with E-state index in [1.54, 1.807) is 5.01 Å². The molecule has 0 fully saturated rings. The zero-order valence-electron chi connectivity index (χ0n) is 18.9. The van der Waals surface area contributed by atoms with Crippen molar-refractivity contribution in [1.29, 1.82) is 0 Å². The summed E-state index contributed by atoms with van der Waals surface area (Å²) in [7, 11) is 0. The van der Waals surface area contributed by atoms with Gasteiger partial charge in [-0.25, -0.2) is 5.01 Å². The van der Waals surface area contributed by atoms with Crippen LogP contribution in [0.25, 0.3) is 5.70 Å². The molecule has 1 amide bonds. The lowest BCUT2D eigenvalue weighted by molar-refractivity contribution is -0.116. The van der Waals surface area contributed by atoms with Gasteiger partial charge in [0.25, 0.3) is 5.91 Å². The van der Waals surface area contributed by atoms with Crippen LogP contribution in [-0.2, 0) is 16.0 Å². The number of carbonyl (C=O) groups is 1. The van der Waals surface area contributed by atoms with Gasteiger partial charge in [-0.2, -0.15) is 0 Å². The number of benzene rings is 3. The van der Waals surface area contributed by atoms with E-state index in [-0.39, 0.29) is 11.3 Å². The predicted molar refractivity (Wildman–Crippen MR) is 134 cm³/mol. The average molecular weight is 455 g/mol. The van der Waals surface area contributed by atoms with E-state index in [1.807, 2.05) is 42.5 Å². The van der Waals surface area contributed by atoms with Crippen molar-refractivity contribution >= 4 is 28.5 Å². The number of hydrazone groups is 1. The lowest BCUT2D eigenvalue weighted by atomic mass is 9.86. The number of fused-ring (bicyclic) bond motifs is 2. The van der Waals surface area contributed by atoms with Crippen molar-refractivity contribution in [2.24, 2.45) is 10.1 Å². The van der Waals surface area contributed by atoms with Crippen molar-refractivity contribution in [2.75, 3.05) is 0 Å². The molecule has 5 nitrogen and oxygen atoms in total. The van der Waals surface area contributed by atoms with Gasteiger partial charge in [0.1, 0.15) is 5.70 Å². The molecule has 0 saturated carbocycles. The molecule has 0 saturated heterocycles. The van der Waals surface area contributed by atoms with Gasteiger partial charge >= 0.3 is 0 Å². The van der Waals surface area contributed by atoms with Crippen molar-refractivity contribution < 1.29 is 4.79 Å². The van der Waals surface area contributed by atoms with E-state index in [0.29, 0.717) is 10.9 Å². The maximum Gasteiger partial charge on any atom is 0.276 e. The topological polar surface area (TPSA) is 57.1 Å². The summed E-state index contributed by atoms with van der Waals surface area (Å²) in [6.07, 6.45) is -0.401. The fraction of sp³-hybridized carbons (Fsp3) is 0.222. The first-order valence-electron chi connectivity index (χ1n) is 11.0. The maximum atomic E-state index is 13.2. The molecule has 2 aliphatic rings. The molecule has 3 aromatic carbocycles. The molecule has 0 unspecified atom stereocenters. The largest absolute Gasteiger partial charge is 0.298 e. The van der Waals surface area contributed by atoms with Crippen LogP contribution in [0, 0.1) is 0 Å². The van der Waals surface area contributed by atoms with Gasteiger partial charge in [0.15, 0.2) is 11.3 Å². The van der Waals surface area contributed by atoms with Crippen LogP contribution >= 0.6 is 11.8 Å². The minimum atomic E-state index is -0.401. The first-order chi connectivity index (χ1) is 15.9. The summed E-state index contributed by atoms with van der Waals surface area (Å²) < 4.78 is 0. The van der Waals surface area contributed by atoms with Crippen LogP contribution in [0.1, 0.15) is 43.6 Å². The van der Waals surface area contributed by atoms with Gasteiger partial charge in [-0.1, -0.05) is 105 Å². The third-order valence-corrected chi connectivity index (χ3v) is 6.74. The molecule has 0 aromatic heterocycles. The molecule has 2 aliphatic heterocycles. The Bertz CT molecular complexity index is 1340. The SMILES string of the molecule is CC(C)(C)c1ccc([C@@H]2N=c3ccccc3=C3C(=O)NC(SCc4ccccc4)=NN32)cc1. The van der Waals surface area contributed by atoms with E-state index in [9.17, 15) is 4.79 Å². The van der Waals surface area contributed by atoms with E-state index in [1.165, 1.54) is 22.9 Å². The zero-order valence-corrected chi connectivity index (χ0v) is 19.8. The highest BCUT2D eigenvalue weighted by atomic mass is 32.2. The second-order valence-corrected chi connectivity index (χ2v) is 10.2. The number of thioether (sulfide) groups is 1. The molecule has 0 bridgehead atoms. The molecule has 1 atom stereocenters. The molecule has 3 aromatic rings. The molecule has 2 heterocycles. The van der Waals surface area contributed by atoms with Crippen LogP contribution in [0.5, 0.6) is 0 Å². The number of amides is 1. The van der Waals surface area contributed by atoms with Gasteiger partial charge in [0.2, 0.25) is 0 Å². The van der Waals surface area contributed by atoms with Crippen LogP contribution in [0.4, 0.5) is 0 Å². The van der Waals surface area contributed by atoms with Gasteiger partial charge in [-0.05, 0) is 28.2 Å².